The summed E-state index contributed by atoms with van der Waals surface area (Å²) in [4.78, 5) is 4.99. The number of rotatable bonds is 5. The predicted molar refractivity (Wildman–Crippen MR) is 74.3 cm³/mol. The quantitative estimate of drug-likeness (QED) is 0.607. The Labute approximate surface area is 112 Å². The number of hydrogen-bond acceptors (Lipinski definition) is 7. The minimum atomic E-state index is 0.684. The Kier molecular flexibility index (Phi) is 4.87. The van der Waals surface area contributed by atoms with Gasteiger partial charge in [-0.1, -0.05) is 18.3 Å². The monoisotopic (exact) mass is 270 g/mol. The summed E-state index contributed by atoms with van der Waals surface area (Å²) in [6.45, 7) is 9.95. The van der Waals surface area contributed by atoms with Gasteiger partial charge in [0.2, 0.25) is 5.13 Å². The molecule has 1 aromatic heterocycles. The lowest BCUT2D eigenvalue weighted by Crippen LogP contribution is -2.48. The van der Waals surface area contributed by atoms with E-state index in [9.17, 15) is 0 Å². The van der Waals surface area contributed by atoms with E-state index in [0.717, 1.165) is 37.7 Å². The number of piperazine rings is 1. The van der Waals surface area contributed by atoms with Crippen LogP contribution in [0.2, 0.25) is 0 Å². The van der Waals surface area contributed by atoms with Crippen LogP contribution in [0.3, 0.4) is 0 Å². The van der Waals surface area contributed by atoms with Crippen LogP contribution in [0.1, 0.15) is 25.3 Å². The smallest absolute Gasteiger partial charge is 0.219 e. The molecule has 3 N–H and O–H groups in total. The molecule has 7 heteroatoms. The van der Waals surface area contributed by atoms with Gasteiger partial charge >= 0.3 is 0 Å². The highest BCUT2D eigenvalue weighted by atomic mass is 32.1. The first kappa shape index (κ1) is 13.7. The molecule has 1 atom stereocenters. The lowest BCUT2D eigenvalue weighted by molar-refractivity contribution is 0.0962. The first-order valence-electron chi connectivity index (χ1n) is 6.48. The molecular formula is C11H22N6S. The van der Waals surface area contributed by atoms with Crippen molar-refractivity contribution >= 4 is 16.5 Å². The van der Waals surface area contributed by atoms with Crippen molar-refractivity contribution in [1.29, 1.82) is 0 Å². The van der Waals surface area contributed by atoms with Crippen LogP contribution in [-0.4, -0.2) is 52.2 Å². The highest BCUT2D eigenvalue weighted by Crippen LogP contribution is 2.17. The summed E-state index contributed by atoms with van der Waals surface area (Å²) in [5.74, 6) is 5.30. The standard InChI is InChI=1S/C11H22N6S/c1-3-9(2)17-6-4-16(5-7-17)8-10-14-15-11(13-12)18-10/h9H,3-8,12H2,1-2H3,(H,13,15). The molecule has 1 aromatic rings. The normalized spacial score (nSPS) is 19.9. The van der Waals surface area contributed by atoms with Crippen molar-refractivity contribution < 1.29 is 0 Å². The molecule has 0 amide bonds. The largest absolute Gasteiger partial charge is 0.298 e. The van der Waals surface area contributed by atoms with Crippen LogP contribution in [0.4, 0.5) is 5.13 Å². The first-order valence-corrected chi connectivity index (χ1v) is 7.30. The van der Waals surface area contributed by atoms with E-state index in [-0.39, 0.29) is 0 Å². The van der Waals surface area contributed by atoms with Gasteiger partial charge in [0.15, 0.2) is 0 Å². The fraction of sp³-hybridized carbons (Fsp3) is 0.818. The molecule has 102 valence electrons. The minimum Gasteiger partial charge on any atom is -0.298 e. The van der Waals surface area contributed by atoms with E-state index in [1.54, 1.807) is 0 Å². The fourth-order valence-corrected chi connectivity index (χ4v) is 2.88. The van der Waals surface area contributed by atoms with Gasteiger partial charge in [0.05, 0.1) is 6.54 Å². The van der Waals surface area contributed by atoms with Crippen molar-refractivity contribution in [3.63, 3.8) is 0 Å². The van der Waals surface area contributed by atoms with Crippen molar-refractivity contribution in [1.82, 2.24) is 20.0 Å². The third kappa shape index (κ3) is 3.38. The Morgan fingerprint density at radius 2 is 2.06 bits per heavy atom. The van der Waals surface area contributed by atoms with E-state index < -0.39 is 0 Å². The molecule has 0 aromatic carbocycles. The molecule has 18 heavy (non-hydrogen) atoms. The summed E-state index contributed by atoms with van der Waals surface area (Å²) in [5.41, 5.74) is 2.53. The molecule has 0 saturated carbocycles. The molecule has 0 radical (unpaired) electrons. The molecule has 6 nitrogen and oxygen atoms in total. The zero-order valence-electron chi connectivity index (χ0n) is 11.1. The number of nitrogens with two attached hydrogens (primary N) is 1. The molecule has 2 rings (SSSR count). The molecular weight excluding hydrogens is 248 g/mol. The number of nitrogens with one attached hydrogen (secondary N) is 1. The first-order chi connectivity index (χ1) is 8.72. The summed E-state index contributed by atoms with van der Waals surface area (Å²) in [6.07, 6.45) is 1.22. The van der Waals surface area contributed by atoms with E-state index in [0.29, 0.717) is 11.2 Å². The van der Waals surface area contributed by atoms with Crippen LogP contribution in [-0.2, 0) is 6.54 Å². The van der Waals surface area contributed by atoms with E-state index in [1.165, 1.54) is 17.8 Å². The van der Waals surface area contributed by atoms with Gasteiger partial charge in [-0.05, 0) is 13.3 Å². The highest BCUT2D eigenvalue weighted by Gasteiger charge is 2.20. The topological polar surface area (TPSA) is 70.3 Å². The van der Waals surface area contributed by atoms with E-state index in [1.807, 2.05) is 0 Å². The van der Waals surface area contributed by atoms with Gasteiger partial charge in [-0.3, -0.25) is 15.2 Å². The second kappa shape index (κ2) is 6.42. The molecule has 1 unspecified atom stereocenters. The van der Waals surface area contributed by atoms with E-state index in [4.69, 9.17) is 5.84 Å². The van der Waals surface area contributed by atoms with Gasteiger partial charge in [-0.15, -0.1) is 10.2 Å². The van der Waals surface area contributed by atoms with Crippen LogP contribution in [0, 0.1) is 0 Å². The Hall–Kier alpha value is -0.760. The van der Waals surface area contributed by atoms with Crippen molar-refractivity contribution in [2.75, 3.05) is 31.6 Å². The summed E-state index contributed by atoms with van der Waals surface area (Å²) in [6, 6.07) is 0.696. The number of nitrogen functional groups attached to an aromatic ring is 1. The van der Waals surface area contributed by atoms with Crippen molar-refractivity contribution in [2.24, 2.45) is 5.84 Å². The zero-order chi connectivity index (χ0) is 13.0. The summed E-state index contributed by atoms with van der Waals surface area (Å²) >= 11 is 1.52. The molecule has 0 aliphatic carbocycles. The maximum absolute atomic E-state index is 5.30. The lowest BCUT2D eigenvalue weighted by atomic mass is 10.2. The van der Waals surface area contributed by atoms with Crippen LogP contribution >= 0.6 is 11.3 Å². The Bertz CT molecular complexity index is 360. The van der Waals surface area contributed by atoms with Gasteiger partial charge in [0, 0.05) is 32.2 Å². The van der Waals surface area contributed by atoms with Gasteiger partial charge in [0.1, 0.15) is 5.01 Å². The average Bonchev–Trinajstić information content (AvgIpc) is 2.86. The highest BCUT2D eigenvalue weighted by molar-refractivity contribution is 7.15. The van der Waals surface area contributed by atoms with Gasteiger partial charge in [0.25, 0.3) is 0 Å². The Morgan fingerprint density at radius 1 is 1.33 bits per heavy atom. The molecule has 0 spiro atoms. The molecule has 2 heterocycles. The lowest BCUT2D eigenvalue weighted by Gasteiger charge is -2.37. The third-order valence-electron chi connectivity index (χ3n) is 3.57. The second-order valence-electron chi connectivity index (χ2n) is 4.71. The molecule has 1 aliphatic rings. The van der Waals surface area contributed by atoms with E-state index >= 15 is 0 Å². The number of hydrazine groups is 1. The number of anilines is 1. The predicted octanol–water partition coefficient (Wildman–Crippen LogP) is 0.740. The summed E-state index contributed by atoms with van der Waals surface area (Å²) < 4.78 is 0. The number of nitrogens with zero attached hydrogens (tertiary/aromatic N) is 4. The number of hydrogen-bond donors (Lipinski definition) is 2. The minimum absolute atomic E-state index is 0.684. The van der Waals surface area contributed by atoms with Gasteiger partial charge in [-0.2, -0.15) is 0 Å². The molecule has 0 bridgehead atoms. The summed E-state index contributed by atoms with van der Waals surface area (Å²) in [5, 5.41) is 9.79. The number of aromatic nitrogens is 2. The van der Waals surface area contributed by atoms with E-state index in [2.05, 4.69) is 39.3 Å². The Balaban J connectivity index is 1.79. The SMILES string of the molecule is CCC(C)N1CCN(Cc2nnc(NN)s2)CC1. The fourth-order valence-electron chi connectivity index (χ4n) is 2.19. The Morgan fingerprint density at radius 3 is 2.61 bits per heavy atom. The molecule has 1 fully saturated rings. The van der Waals surface area contributed by atoms with Crippen molar-refractivity contribution in [2.45, 2.75) is 32.9 Å². The maximum atomic E-state index is 5.30. The zero-order valence-corrected chi connectivity index (χ0v) is 11.9. The average molecular weight is 270 g/mol. The van der Waals surface area contributed by atoms with Crippen LogP contribution in [0.5, 0.6) is 0 Å². The third-order valence-corrected chi connectivity index (χ3v) is 4.41. The summed E-state index contributed by atoms with van der Waals surface area (Å²) in [7, 11) is 0. The van der Waals surface area contributed by atoms with Crippen LogP contribution in [0.15, 0.2) is 0 Å². The maximum Gasteiger partial charge on any atom is 0.219 e. The molecule has 1 saturated heterocycles. The van der Waals surface area contributed by atoms with Crippen LogP contribution < -0.4 is 11.3 Å². The van der Waals surface area contributed by atoms with Crippen molar-refractivity contribution in [3.05, 3.63) is 5.01 Å². The van der Waals surface area contributed by atoms with Crippen LogP contribution in [0.25, 0.3) is 0 Å². The molecule has 1 aliphatic heterocycles. The van der Waals surface area contributed by atoms with Gasteiger partial charge < -0.3 is 0 Å². The second-order valence-corrected chi connectivity index (χ2v) is 5.78. The van der Waals surface area contributed by atoms with Gasteiger partial charge in [-0.25, -0.2) is 5.84 Å². The van der Waals surface area contributed by atoms with Crippen molar-refractivity contribution in [3.8, 4) is 0 Å².